The molecule has 0 heterocycles. The molecule has 0 spiro atoms. The molecule has 3 N–H and O–H groups in total. The summed E-state index contributed by atoms with van der Waals surface area (Å²) < 4.78 is 64.2. The fourth-order valence-electron chi connectivity index (χ4n) is 2.38. The van der Waals surface area contributed by atoms with Gasteiger partial charge in [0.1, 0.15) is 5.69 Å². The maximum absolute atomic E-state index is 12.7. The van der Waals surface area contributed by atoms with Crippen LogP contribution in [0.1, 0.15) is 29.3 Å². The van der Waals surface area contributed by atoms with Crippen molar-refractivity contribution in [3.05, 3.63) is 63.7 Å². The van der Waals surface area contributed by atoms with Crippen LogP contribution in [0.4, 0.5) is 30.2 Å². The van der Waals surface area contributed by atoms with E-state index < -0.39 is 38.3 Å². The summed E-state index contributed by atoms with van der Waals surface area (Å²) in [6.07, 6.45) is -4.37. The van der Waals surface area contributed by atoms with Gasteiger partial charge >= 0.3 is 6.18 Å². The zero-order chi connectivity index (χ0) is 22.5. The molecule has 2 aromatic rings. The Labute approximate surface area is 169 Å². The largest absolute Gasteiger partial charge is 0.416 e. The SMILES string of the molecule is CCCS(=O)(=O)Nc1cccc(C(=O)NNc2ccc(C(F)(F)F)cc2[N+](=O)[O-])c1. The van der Waals surface area contributed by atoms with E-state index in [0.29, 0.717) is 18.6 Å². The number of nitrogens with one attached hydrogen (secondary N) is 3. The van der Waals surface area contributed by atoms with Crippen LogP contribution in [0.2, 0.25) is 0 Å². The number of nitro benzene ring substituents is 1. The van der Waals surface area contributed by atoms with E-state index in [2.05, 4.69) is 15.6 Å². The van der Waals surface area contributed by atoms with Gasteiger partial charge in [-0.2, -0.15) is 13.2 Å². The predicted molar refractivity (Wildman–Crippen MR) is 103 cm³/mol. The van der Waals surface area contributed by atoms with E-state index in [1.807, 2.05) is 0 Å². The Hall–Kier alpha value is -3.35. The average molecular weight is 446 g/mol. The van der Waals surface area contributed by atoms with E-state index in [1.54, 1.807) is 6.92 Å². The number of alkyl halides is 3. The first-order valence-electron chi connectivity index (χ1n) is 8.45. The molecular weight excluding hydrogens is 429 g/mol. The number of amides is 1. The van der Waals surface area contributed by atoms with Gasteiger partial charge in [-0.3, -0.25) is 30.5 Å². The summed E-state index contributed by atoms with van der Waals surface area (Å²) in [5.41, 5.74) is 2.04. The minimum atomic E-state index is -4.77. The highest BCUT2D eigenvalue weighted by Crippen LogP contribution is 2.34. The summed E-state index contributed by atoms with van der Waals surface area (Å²) in [6, 6.07) is 7.23. The summed E-state index contributed by atoms with van der Waals surface area (Å²) in [7, 11) is -3.58. The average Bonchev–Trinajstić information content (AvgIpc) is 2.64. The van der Waals surface area contributed by atoms with Gasteiger partial charge in [0.15, 0.2) is 0 Å². The molecule has 0 fully saturated rings. The zero-order valence-corrected chi connectivity index (χ0v) is 16.3. The first-order valence-corrected chi connectivity index (χ1v) is 10.1. The fourth-order valence-corrected chi connectivity index (χ4v) is 3.51. The van der Waals surface area contributed by atoms with Gasteiger partial charge in [0.25, 0.3) is 11.6 Å². The van der Waals surface area contributed by atoms with Crippen LogP contribution in [0, 0.1) is 10.1 Å². The lowest BCUT2D eigenvalue weighted by atomic mass is 10.1. The lowest BCUT2D eigenvalue weighted by molar-refractivity contribution is -0.384. The topological polar surface area (TPSA) is 130 Å². The van der Waals surface area contributed by atoms with Crippen molar-refractivity contribution in [2.24, 2.45) is 0 Å². The second kappa shape index (κ2) is 8.98. The van der Waals surface area contributed by atoms with Crippen molar-refractivity contribution < 1.29 is 31.3 Å². The first kappa shape index (κ1) is 22.9. The Morgan fingerprint density at radius 3 is 2.47 bits per heavy atom. The second-order valence-electron chi connectivity index (χ2n) is 6.07. The number of halogens is 3. The van der Waals surface area contributed by atoms with Crippen LogP contribution in [0.5, 0.6) is 0 Å². The number of nitro groups is 1. The van der Waals surface area contributed by atoms with Crippen LogP contribution in [-0.4, -0.2) is 25.0 Å². The van der Waals surface area contributed by atoms with Crippen molar-refractivity contribution in [1.82, 2.24) is 5.43 Å². The monoisotopic (exact) mass is 446 g/mol. The molecule has 9 nitrogen and oxygen atoms in total. The summed E-state index contributed by atoms with van der Waals surface area (Å²) in [5, 5.41) is 11.1. The molecule has 30 heavy (non-hydrogen) atoms. The van der Waals surface area contributed by atoms with Gasteiger partial charge < -0.3 is 0 Å². The van der Waals surface area contributed by atoms with Crippen LogP contribution in [0.3, 0.4) is 0 Å². The number of hydrogen-bond donors (Lipinski definition) is 3. The number of hydrogen-bond acceptors (Lipinski definition) is 6. The summed E-state index contributed by atoms with van der Waals surface area (Å²) >= 11 is 0. The summed E-state index contributed by atoms with van der Waals surface area (Å²) in [4.78, 5) is 22.3. The summed E-state index contributed by atoms with van der Waals surface area (Å²) in [6.45, 7) is 1.69. The molecule has 13 heteroatoms. The number of sulfonamides is 1. The smallest absolute Gasteiger partial charge is 0.292 e. The maximum atomic E-state index is 12.7. The molecule has 2 aromatic carbocycles. The number of carbonyl (C=O) groups is 1. The molecular formula is C17H17F3N4O5S. The van der Waals surface area contributed by atoms with Crippen LogP contribution >= 0.6 is 0 Å². The normalized spacial score (nSPS) is 11.6. The van der Waals surface area contributed by atoms with Crippen LogP contribution in [0.15, 0.2) is 42.5 Å². The Morgan fingerprint density at radius 1 is 1.17 bits per heavy atom. The van der Waals surface area contributed by atoms with Crippen molar-refractivity contribution in [2.75, 3.05) is 15.9 Å². The molecule has 0 bridgehead atoms. The standard InChI is InChI=1S/C17H17F3N4O5S/c1-2-8-30(28,29)23-13-5-3-4-11(9-13)16(25)22-21-14-7-6-12(17(18,19)20)10-15(14)24(26)27/h3-7,9-10,21,23H,2,8H2,1H3,(H,22,25). The Balaban J connectivity index is 2.16. The highest BCUT2D eigenvalue weighted by molar-refractivity contribution is 7.92. The van der Waals surface area contributed by atoms with Gasteiger partial charge in [0.05, 0.1) is 16.2 Å². The van der Waals surface area contributed by atoms with E-state index >= 15 is 0 Å². The minimum Gasteiger partial charge on any atom is -0.292 e. The third kappa shape index (κ3) is 6.07. The molecule has 0 radical (unpaired) electrons. The van der Waals surface area contributed by atoms with Gasteiger partial charge in [-0.15, -0.1) is 0 Å². The van der Waals surface area contributed by atoms with E-state index in [-0.39, 0.29) is 22.7 Å². The lowest BCUT2D eigenvalue weighted by Crippen LogP contribution is -2.30. The number of hydrazine groups is 1. The molecule has 2 rings (SSSR count). The molecule has 0 aliphatic carbocycles. The fraction of sp³-hybridized carbons (Fsp3) is 0.235. The zero-order valence-electron chi connectivity index (χ0n) is 15.5. The molecule has 0 unspecified atom stereocenters. The number of carbonyl (C=O) groups excluding carboxylic acids is 1. The van der Waals surface area contributed by atoms with E-state index in [0.717, 1.165) is 6.07 Å². The molecule has 0 atom stereocenters. The molecule has 1 amide bonds. The Morgan fingerprint density at radius 2 is 1.87 bits per heavy atom. The number of nitrogens with zero attached hydrogens (tertiary/aromatic N) is 1. The molecule has 0 aliphatic heterocycles. The van der Waals surface area contributed by atoms with Gasteiger partial charge in [-0.25, -0.2) is 8.42 Å². The molecule has 0 saturated carbocycles. The molecule has 0 saturated heterocycles. The number of benzene rings is 2. The third-order valence-electron chi connectivity index (χ3n) is 3.70. The summed E-state index contributed by atoms with van der Waals surface area (Å²) in [5.74, 6) is -0.900. The maximum Gasteiger partial charge on any atom is 0.416 e. The molecule has 162 valence electrons. The first-order chi connectivity index (χ1) is 13.9. The Kier molecular flexibility index (Phi) is 6.87. The molecule has 0 aromatic heterocycles. The van der Waals surface area contributed by atoms with Crippen LogP contribution < -0.4 is 15.6 Å². The highest BCUT2D eigenvalue weighted by atomic mass is 32.2. The van der Waals surface area contributed by atoms with Crippen molar-refractivity contribution in [2.45, 2.75) is 19.5 Å². The minimum absolute atomic E-state index is 0.00811. The van der Waals surface area contributed by atoms with Crippen LogP contribution in [0.25, 0.3) is 0 Å². The van der Waals surface area contributed by atoms with Crippen molar-refractivity contribution in [3.8, 4) is 0 Å². The van der Waals surface area contributed by atoms with Gasteiger partial charge in [0.2, 0.25) is 10.0 Å². The molecule has 0 aliphatic rings. The van der Waals surface area contributed by atoms with Gasteiger partial charge in [-0.05, 0) is 36.8 Å². The van der Waals surface area contributed by atoms with E-state index in [1.165, 1.54) is 24.3 Å². The lowest BCUT2D eigenvalue weighted by Gasteiger charge is -2.12. The number of rotatable bonds is 8. The quantitative estimate of drug-likeness (QED) is 0.420. The number of anilines is 2. The van der Waals surface area contributed by atoms with Crippen molar-refractivity contribution in [3.63, 3.8) is 0 Å². The van der Waals surface area contributed by atoms with Crippen LogP contribution in [-0.2, 0) is 16.2 Å². The van der Waals surface area contributed by atoms with Gasteiger partial charge in [-0.1, -0.05) is 13.0 Å². The second-order valence-corrected chi connectivity index (χ2v) is 7.91. The van der Waals surface area contributed by atoms with Crippen molar-refractivity contribution in [1.29, 1.82) is 0 Å². The van der Waals surface area contributed by atoms with E-state index in [9.17, 15) is 36.5 Å². The highest BCUT2D eigenvalue weighted by Gasteiger charge is 2.33. The van der Waals surface area contributed by atoms with Gasteiger partial charge in [0, 0.05) is 17.3 Å². The van der Waals surface area contributed by atoms with E-state index in [4.69, 9.17) is 0 Å². The predicted octanol–water partition coefficient (Wildman–Crippen LogP) is 3.52. The Bertz CT molecular complexity index is 1060. The third-order valence-corrected chi connectivity index (χ3v) is 5.20. The van der Waals surface area contributed by atoms with Crippen molar-refractivity contribution >= 4 is 33.0 Å².